The number of amides is 1. The lowest BCUT2D eigenvalue weighted by Crippen LogP contribution is -2.25. The summed E-state index contributed by atoms with van der Waals surface area (Å²) in [6, 6.07) is 8.32. The number of aromatic nitrogens is 1. The van der Waals surface area contributed by atoms with Gasteiger partial charge in [0.05, 0.1) is 5.56 Å². The molecule has 102 valence electrons. The van der Waals surface area contributed by atoms with Crippen molar-refractivity contribution in [2.75, 3.05) is 0 Å². The number of carbonyl (C=O) groups is 2. The summed E-state index contributed by atoms with van der Waals surface area (Å²) in [4.78, 5) is 31.8. The molecule has 0 bridgehead atoms. The molecular formula is C13H11N3O3S. The molecule has 1 aromatic heterocycles. The SMILES string of the molecule is Cc1csc(C(=NOC(=O)c2ccccc2)C(N)=O)n1. The van der Waals surface area contributed by atoms with Crippen molar-refractivity contribution in [3.8, 4) is 0 Å². The predicted octanol–water partition coefficient (Wildman–Crippen LogP) is 1.50. The Balaban J connectivity index is 2.19. The van der Waals surface area contributed by atoms with Crippen LogP contribution in [0.4, 0.5) is 0 Å². The van der Waals surface area contributed by atoms with E-state index in [2.05, 4.69) is 10.1 Å². The van der Waals surface area contributed by atoms with Gasteiger partial charge in [0.15, 0.2) is 5.01 Å². The van der Waals surface area contributed by atoms with Crippen LogP contribution in [-0.2, 0) is 9.63 Å². The molecule has 0 fully saturated rings. The number of benzene rings is 1. The lowest BCUT2D eigenvalue weighted by Gasteiger charge is -1.99. The first-order valence-electron chi connectivity index (χ1n) is 5.64. The van der Waals surface area contributed by atoms with Gasteiger partial charge in [-0.25, -0.2) is 9.78 Å². The average Bonchev–Trinajstić information content (AvgIpc) is 2.86. The van der Waals surface area contributed by atoms with Crippen molar-refractivity contribution in [1.29, 1.82) is 0 Å². The van der Waals surface area contributed by atoms with Crippen molar-refractivity contribution in [1.82, 2.24) is 4.98 Å². The van der Waals surface area contributed by atoms with Crippen LogP contribution >= 0.6 is 11.3 Å². The molecule has 0 aliphatic carbocycles. The van der Waals surface area contributed by atoms with Crippen LogP contribution in [0.25, 0.3) is 0 Å². The molecule has 0 aliphatic heterocycles. The Morgan fingerprint density at radius 3 is 2.55 bits per heavy atom. The summed E-state index contributed by atoms with van der Waals surface area (Å²) in [6.07, 6.45) is 0. The van der Waals surface area contributed by atoms with Crippen LogP contribution < -0.4 is 5.73 Å². The van der Waals surface area contributed by atoms with E-state index in [1.54, 1.807) is 42.6 Å². The van der Waals surface area contributed by atoms with Crippen LogP contribution in [0.2, 0.25) is 0 Å². The van der Waals surface area contributed by atoms with Crippen molar-refractivity contribution in [3.63, 3.8) is 0 Å². The summed E-state index contributed by atoms with van der Waals surface area (Å²) in [7, 11) is 0. The first-order chi connectivity index (χ1) is 9.58. The summed E-state index contributed by atoms with van der Waals surface area (Å²) < 4.78 is 0. The second-order valence-corrected chi connectivity index (χ2v) is 4.70. The third kappa shape index (κ3) is 3.27. The highest BCUT2D eigenvalue weighted by Crippen LogP contribution is 2.11. The zero-order valence-corrected chi connectivity index (χ0v) is 11.4. The number of rotatable bonds is 4. The molecule has 0 spiro atoms. The van der Waals surface area contributed by atoms with E-state index in [9.17, 15) is 9.59 Å². The molecule has 0 atom stereocenters. The highest BCUT2D eigenvalue weighted by molar-refractivity contribution is 7.12. The fourth-order valence-electron chi connectivity index (χ4n) is 1.37. The van der Waals surface area contributed by atoms with Gasteiger partial charge in [0.2, 0.25) is 5.71 Å². The lowest BCUT2D eigenvalue weighted by atomic mass is 10.2. The molecular weight excluding hydrogens is 278 g/mol. The summed E-state index contributed by atoms with van der Waals surface area (Å²) in [6.45, 7) is 1.77. The highest BCUT2D eigenvalue weighted by Gasteiger charge is 2.16. The topological polar surface area (TPSA) is 94.6 Å². The number of aryl methyl sites for hydroxylation is 1. The maximum atomic E-state index is 11.7. The summed E-state index contributed by atoms with van der Waals surface area (Å²) in [5.74, 6) is -1.47. The maximum Gasteiger partial charge on any atom is 0.365 e. The van der Waals surface area contributed by atoms with Crippen molar-refractivity contribution < 1.29 is 14.4 Å². The van der Waals surface area contributed by atoms with Crippen LogP contribution in [0.5, 0.6) is 0 Å². The monoisotopic (exact) mass is 289 g/mol. The Labute approximate surface area is 118 Å². The lowest BCUT2D eigenvalue weighted by molar-refractivity contribution is -0.112. The molecule has 0 radical (unpaired) electrons. The fraction of sp³-hybridized carbons (Fsp3) is 0.0769. The molecule has 0 saturated heterocycles. The zero-order chi connectivity index (χ0) is 14.5. The van der Waals surface area contributed by atoms with Gasteiger partial charge >= 0.3 is 5.97 Å². The number of primary amides is 1. The van der Waals surface area contributed by atoms with Gasteiger partial charge in [-0.2, -0.15) is 0 Å². The van der Waals surface area contributed by atoms with Crippen LogP contribution in [-0.4, -0.2) is 22.6 Å². The van der Waals surface area contributed by atoms with Crippen LogP contribution in [0, 0.1) is 6.92 Å². The molecule has 1 heterocycles. The molecule has 1 amide bonds. The standard InChI is InChI=1S/C13H11N3O3S/c1-8-7-20-12(15-8)10(11(14)17)16-19-13(18)9-5-3-2-4-6-9/h2-7H,1H3,(H2,14,17). The number of oxime groups is 1. The summed E-state index contributed by atoms with van der Waals surface area (Å²) in [5.41, 5.74) is 6.09. The average molecular weight is 289 g/mol. The second kappa shape index (κ2) is 6.07. The van der Waals surface area contributed by atoms with Crippen LogP contribution in [0.3, 0.4) is 0 Å². The van der Waals surface area contributed by atoms with E-state index in [0.29, 0.717) is 10.6 Å². The third-order valence-electron chi connectivity index (χ3n) is 2.28. The van der Waals surface area contributed by atoms with E-state index < -0.39 is 11.9 Å². The smallest absolute Gasteiger partial charge is 0.364 e. The minimum Gasteiger partial charge on any atom is -0.364 e. The van der Waals surface area contributed by atoms with E-state index in [1.165, 1.54) is 11.3 Å². The third-order valence-corrected chi connectivity index (χ3v) is 3.25. The van der Waals surface area contributed by atoms with E-state index >= 15 is 0 Å². The molecule has 6 nitrogen and oxygen atoms in total. The number of thiazole rings is 1. The summed E-state index contributed by atoms with van der Waals surface area (Å²) in [5, 5.41) is 5.58. The summed E-state index contributed by atoms with van der Waals surface area (Å²) >= 11 is 1.20. The Hall–Kier alpha value is -2.54. The molecule has 20 heavy (non-hydrogen) atoms. The Morgan fingerprint density at radius 1 is 1.30 bits per heavy atom. The number of nitrogens with zero attached hydrogens (tertiary/aromatic N) is 2. The predicted molar refractivity (Wildman–Crippen MR) is 74.4 cm³/mol. The van der Waals surface area contributed by atoms with E-state index in [-0.39, 0.29) is 5.71 Å². The van der Waals surface area contributed by atoms with Gasteiger partial charge in [-0.15, -0.1) is 11.3 Å². The second-order valence-electron chi connectivity index (χ2n) is 3.84. The first-order valence-corrected chi connectivity index (χ1v) is 6.52. The van der Waals surface area contributed by atoms with Gasteiger partial charge in [0, 0.05) is 11.1 Å². The zero-order valence-electron chi connectivity index (χ0n) is 10.6. The van der Waals surface area contributed by atoms with Gasteiger partial charge in [-0.1, -0.05) is 23.4 Å². The minimum atomic E-state index is -0.805. The molecule has 1 aromatic carbocycles. The van der Waals surface area contributed by atoms with E-state index in [1.807, 2.05) is 0 Å². The van der Waals surface area contributed by atoms with Gasteiger partial charge in [-0.05, 0) is 19.1 Å². The van der Waals surface area contributed by atoms with Crippen molar-refractivity contribution in [3.05, 3.63) is 52.0 Å². The highest BCUT2D eigenvalue weighted by atomic mass is 32.1. The van der Waals surface area contributed by atoms with Crippen molar-refractivity contribution in [2.24, 2.45) is 10.9 Å². The van der Waals surface area contributed by atoms with Gasteiger partial charge in [-0.3, -0.25) is 4.79 Å². The van der Waals surface area contributed by atoms with Crippen LogP contribution in [0.1, 0.15) is 21.1 Å². The Kier molecular flexibility index (Phi) is 4.21. The number of hydrogen-bond donors (Lipinski definition) is 1. The molecule has 2 rings (SSSR count). The Morgan fingerprint density at radius 2 is 2.00 bits per heavy atom. The molecule has 0 aliphatic rings. The minimum absolute atomic E-state index is 0.174. The molecule has 0 saturated carbocycles. The first kappa shape index (κ1) is 13.9. The van der Waals surface area contributed by atoms with Crippen molar-refractivity contribution >= 4 is 28.9 Å². The number of nitrogens with two attached hydrogens (primary N) is 1. The normalized spacial score (nSPS) is 11.2. The van der Waals surface area contributed by atoms with Gasteiger partial charge in [0.25, 0.3) is 5.91 Å². The quantitative estimate of drug-likeness (QED) is 0.524. The Bertz CT molecular complexity index is 665. The fourth-order valence-corrected chi connectivity index (χ4v) is 2.15. The molecule has 7 heteroatoms. The molecule has 2 N–H and O–H groups in total. The number of carbonyl (C=O) groups excluding carboxylic acids is 2. The van der Waals surface area contributed by atoms with Gasteiger partial charge in [0.1, 0.15) is 0 Å². The van der Waals surface area contributed by atoms with Crippen molar-refractivity contribution in [2.45, 2.75) is 6.92 Å². The van der Waals surface area contributed by atoms with Crippen LogP contribution in [0.15, 0.2) is 40.9 Å². The molecule has 2 aromatic rings. The maximum absolute atomic E-state index is 11.7. The molecule has 0 unspecified atom stereocenters. The van der Waals surface area contributed by atoms with E-state index in [0.717, 1.165) is 5.69 Å². The number of hydrogen-bond acceptors (Lipinski definition) is 6. The van der Waals surface area contributed by atoms with Gasteiger partial charge < -0.3 is 10.6 Å². The van der Waals surface area contributed by atoms with E-state index in [4.69, 9.17) is 10.6 Å². The largest absolute Gasteiger partial charge is 0.365 e.